The summed E-state index contributed by atoms with van der Waals surface area (Å²) in [7, 11) is 0. The highest BCUT2D eigenvalue weighted by Crippen LogP contribution is 2.19. The molecule has 120 valence electrons. The Morgan fingerprint density at radius 2 is 1.86 bits per heavy atom. The molecular formula is C17H24N2O3. The summed E-state index contributed by atoms with van der Waals surface area (Å²) < 4.78 is 5.24. The van der Waals surface area contributed by atoms with E-state index in [9.17, 15) is 9.59 Å². The number of amides is 2. The first-order valence-electron chi connectivity index (χ1n) is 7.85. The fraction of sp³-hybridized carbons (Fsp3) is 0.529. The second-order valence-corrected chi connectivity index (χ2v) is 5.54. The quantitative estimate of drug-likeness (QED) is 0.898. The van der Waals surface area contributed by atoms with Gasteiger partial charge < -0.3 is 15.0 Å². The lowest BCUT2D eigenvalue weighted by Crippen LogP contribution is -2.51. The van der Waals surface area contributed by atoms with Crippen LogP contribution in [0.5, 0.6) is 0 Å². The maximum absolute atomic E-state index is 12.5. The predicted molar refractivity (Wildman–Crippen MR) is 84.5 cm³/mol. The Morgan fingerprint density at radius 3 is 2.45 bits per heavy atom. The van der Waals surface area contributed by atoms with E-state index in [-0.39, 0.29) is 17.7 Å². The highest BCUT2D eigenvalue weighted by atomic mass is 16.5. The lowest BCUT2D eigenvalue weighted by atomic mass is 9.95. The van der Waals surface area contributed by atoms with Gasteiger partial charge in [0.1, 0.15) is 6.04 Å². The summed E-state index contributed by atoms with van der Waals surface area (Å²) in [6.45, 7) is 6.03. The van der Waals surface area contributed by atoms with Crippen molar-refractivity contribution in [2.24, 2.45) is 0 Å². The Labute approximate surface area is 131 Å². The molecule has 1 aliphatic rings. The molecule has 0 spiro atoms. The van der Waals surface area contributed by atoms with Crippen molar-refractivity contribution in [3.63, 3.8) is 0 Å². The number of ether oxygens (including phenoxy) is 1. The molecule has 0 aliphatic carbocycles. The Kier molecular flexibility index (Phi) is 5.95. The highest BCUT2D eigenvalue weighted by molar-refractivity contribution is 5.90. The predicted octanol–water partition coefficient (Wildman–Crippen LogP) is 1.54. The van der Waals surface area contributed by atoms with Gasteiger partial charge in [-0.05, 0) is 18.9 Å². The molecule has 0 bridgehead atoms. The number of hydrogen-bond donors (Lipinski definition) is 1. The van der Waals surface area contributed by atoms with Crippen LogP contribution in [0, 0.1) is 0 Å². The largest absolute Gasteiger partial charge is 0.378 e. The van der Waals surface area contributed by atoms with E-state index < -0.39 is 6.04 Å². The van der Waals surface area contributed by atoms with Crippen LogP contribution in [-0.2, 0) is 14.3 Å². The molecule has 1 aromatic carbocycles. The minimum atomic E-state index is -0.511. The third-order valence-electron chi connectivity index (χ3n) is 3.98. The van der Waals surface area contributed by atoms with Crippen LogP contribution in [0.1, 0.15) is 31.7 Å². The van der Waals surface area contributed by atoms with E-state index in [0.717, 1.165) is 5.56 Å². The summed E-state index contributed by atoms with van der Waals surface area (Å²) in [5.41, 5.74) is 0.980. The fourth-order valence-corrected chi connectivity index (χ4v) is 2.69. The first-order valence-corrected chi connectivity index (χ1v) is 7.85. The molecule has 1 fully saturated rings. The number of nitrogens with one attached hydrogen (secondary N) is 1. The fourth-order valence-electron chi connectivity index (χ4n) is 2.69. The molecule has 5 nitrogen and oxygen atoms in total. The molecule has 1 heterocycles. The average molecular weight is 304 g/mol. The van der Waals surface area contributed by atoms with Crippen molar-refractivity contribution in [3.05, 3.63) is 35.9 Å². The van der Waals surface area contributed by atoms with Crippen molar-refractivity contribution in [2.75, 3.05) is 26.3 Å². The second-order valence-electron chi connectivity index (χ2n) is 5.54. The van der Waals surface area contributed by atoms with Crippen molar-refractivity contribution in [1.82, 2.24) is 10.2 Å². The van der Waals surface area contributed by atoms with Gasteiger partial charge in [0.25, 0.3) is 0 Å². The zero-order chi connectivity index (χ0) is 15.9. The molecule has 0 saturated carbocycles. The van der Waals surface area contributed by atoms with E-state index in [1.807, 2.05) is 37.3 Å². The molecule has 0 radical (unpaired) electrons. The second kappa shape index (κ2) is 7.94. The van der Waals surface area contributed by atoms with Gasteiger partial charge in [-0.25, -0.2) is 0 Å². The summed E-state index contributed by atoms with van der Waals surface area (Å²) in [4.78, 5) is 26.6. The average Bonchev–Trinajstić information content (AvgIpc) is 2.56. The third kappa shape index (κ3) is 4.07. The van der Waals surface area contributed by atoms with E-state index in [2.05, 4.69) is 5.32 Å². The van der Waals surface area contributed by atoms with Crippen molar-refractivity contribution >= 4 is 11.8 Å². The number of carbonyl (C=O) groups excluding carboxylic acids is 2. The zero-order valence-electron chi connectivity index (χ0n) is 13.2. The maximum atomic E-state index is 12.5. The van der Waals surface area contributed by atoms with Gasteiger partial charge in [0.05, 0.1) is 19.1 Å². The molecule has 1 N–H and O–H groups in total. The van der Waals surface area contributed by atoms with Crippen LogP contribution >= 0.6 is 0 Å². The van der Waals surface area contributed by atoms with Crippen molar-refractivity contribution in [1.29, 1.82) is 0 Å². The first-order chi connectivity index (χ1) is 10.6. The molecule has 0 aromatic heterocycles. The van der Waals surface area contributed by atoms with Crippen LogP contribution in [0.2, 0.25) is 0 Å². The van der Waals surface area contributed by atoms with Crippen LogP contribution in [0.15, 0.2) is 30.3 Å². The summed E-state index contributed by atoms with van der Waals surface area (Å²) in [5, 5.41) is 2.86. The zero-order valence-corrected chi connectivity index (χ0v) is 13.2. The lowest BCUT2D eigenvalue weighted by molar-refractivity contribution is -0.139. The molecule has 5 heteroatoms. The summed E-state index contributed by atoms with van der Waals surface area (Å²) in [5.74, 6) is -0.358. The Bertz CT molecular complexity index is 498. The van der Waals surface area contributed by atoms with E-state index in [1.54, 1.807) is 11.8 Å². The van der Waals surface area contributed by atoms with Crippen LogP contribution in [-0.4, -0.2) is 49.1 Å². The molecule has 2 unspecified atom stereocenters. The van der Waals surface area contributed by atoms with Crippen molar-refractivity contribution in [3.8, 4) is 0 Å². The van der Waals surface area contributed by atoms with E-state index in [0.29, 0.717) is 32.7 Å². The van der Waals surface area contributed by atoms with E-state index >= 15 is 0 Å². The van der Waals surface area contributed by atoms with Gasteiger partial charge in [0, 0.05) is 13.1 Å². The van der Waals surface area contributed by atoms with Crippen LogP contribution < -0.4 is 5.32 Å². The summed E-state index contributed by atoms with van der Waals surface area (Å²) >= 11 is 0. The number of nitrogens with zero attached hydrogens (tertiary/aromatic N) is 1. The van der Waals surface area contributed by atoms with Crippen LogP contribution in [0.3, 0.4) is 0 Å². The van der Waals surface area contributed by atoms with Crippen molar-refractivity contribution < 1.29 is 14.3 Å². The maximum Gasteiger partial charge on any atom is 0.245 e. The minimum absolute atomic E-state index is 0.0421. The normalized spacial score (nSPS) is 17.6. The van der Waals surface area contributed by atoms with Gasteiger partial charge in [-0.2, -0.15) is 0 Å². The van der Waals surface area contributed by atoms with Gasteiger partial charge in [-0.1, -0.05) is 37.3 Å². The SMILES string of the molecule is CCC(C(=O)NC(C)C(=O)N1CCOCC1)c1ccccc1. The summed E-state index contributed by atoms with van der Waals surface area (Å²) in [6, 6.07) is 9.16. The Morgan fingerprint density at radius 1 is 1.23 bits per heavy atom. The molecule has 1 saturated heterocycles. The lowest BCUT2D eigenvalue weighted by Gasteiger charge is -2.30. The third-order valence-corrected chi connectivity index (χ3v) is 3.98. The Balaban J connectivity index is 1.96. The molecule has 2 rings (SSSR count). The van der Waals surface area contributed by atoms with Gasteiger partial charge in [-0.15, -0.1) is 0 Å². The smallest absolute Gasteiger partial charge is 0.245 e. The monoisotopic (exact) mass is 304 g/mol. The van der Waals surface area contributed by atoms with Crippen molar-refractivity contribution in [2.45, 2.75) is 32.2 Å². The number of carbonyl (C=O) groups is 2. The van der Waals surface area contributed by atoms with Gasteiger partial charge in [-0.3, -0.25) is 9.59 Å². The molecule has 1 aliphatic heterocycles. The molecule has 2 amide bonds. The molecule has 1 aromatic rings. The van der Waals surface area contributed by atoms with E-state index in [1.165, 1.54) is 0 Å². The number of benzene rings is 1. The standard InChI is InChI=1S/C17H24N2O3/c1-3-15(14-7-5-4-6-8-14)16(20)18-13(2)17(21)19-9-11-22-12-10-19/h4-8,13,15H,3,9-12H2,1-2H3,(H,18,20). The first kappa shape index (κ1) is 16.5. The van der Waals surface area contributed by atoms with Gasteiger partial charge in [0.2, 0.25) is 11.8 Å². The molecule has 2 atom stereocenters. The molecule has 22 heavy (non-hydrogen) atoms. The van der Waals surface area contributed by atoms with Gasteiger partial charge in [0.15, 0.2) is 0 Å². The van der Waals surface area contributed by atoms with E-state index in [4.69, 9.17) is 4.74 Å². The van der Waals surface area contributed by atoms with Crippen LogP contribution in [0.4, 0.5) is 0 Å². The topological polar surface area (TPSA) is 58.6 Å². The number of hydrogen-bond acceptors (Lipinski definition) is 3. The highest BCUT2D eigenvalue weighted by Gasteiger charge is 2.26. The van der Waals surface area contributed by atoms with Gasteiger partial charge >= 0.3 is 0 Å². The van der Waals surface area contributed by atoms with Crippen LogP contribution in [0.25, 0.3) is 0 Å². The number of morpholine rings is 1. The number of rotatable bonds is 5. The molecular weight excluding hydrogens is 280 g/mol. The Hall–Kier alpha value is -1.88. The minimum Gasteiger partial charge on any atom is -0.378 e. The summed E-state index contributed by atoms with van der Waals surface area (Å²) in [6.07, 6.45) is 0.703.